The van der Waals surface area contributed by atoms with Crippen LogP contribution in [0.25, 0.3) is 0 Å². The molecule has 3 nitrogen and oxygen atoms in total. The zero-order valence-electron chi connectivity index (χ0n) is 11.5. The molecule has 0 atom stereocenters. The molecule has 0 N–H and O–H groups in total. The number of rotatable bonds is 6. The Labute approximate surface area is 119 Å². The van der Waals surface area contributed by atoms with Gasteiger partial charge in [0, 0.05) is 6.42 Å². The Kier molecular flexibility index (Phi) is 5.18. The number of carbonyl (C=O) groups is 1. The lowest BCUT2D eigenvalue weighted by Gasteiger charge is -2.09. The lowest BCUT2D eigenvalue weighted by atomic mass is 10.2. The summed E-state index contributed by atoms with van der Waals surface area (Å²) in [4.78, 5) is 12.0. The van der Waals surface area contributed by atoms with Gasteiger partial charge in [-0.05, 0) is 24.6 Å². The van der Waals surface area contributed by atoms with Crippen LogP contribution in [-0.4, -0.2) is 19.2 Å². The molecule has 0 aliphatic rings. The first-order valence-corrected chi connectivity index (χ1v) is 6.74. The van der Waals surface area contributed by atoms with Crippen LogP contribution in [0.5, 0.6) is 5.75 Å². The summed E-state index contributed by atoms with van der Waals surface area (Å²) in [5, 5.41) is 0. The highest BCUT2D eigenvalue weighted by molar-refractivity contribution is 5.92. The molecule has 0 saturated carbocycles. The highest BCUT2D eigenvalue weighted by atomic mass is 16.5. The molecule has 3 heteroatoms. The maximum atomic E-state index is 12.0. The molecule has 104 valence electrons. The van der Waals surface area contributed by atoms with Gasteiger partial charge in [-0.25, -0.2) is 4.79 Å². The monoisotopic (exact) mass is 270 g/mol. The van der Waals surface area contributed by atoms with Crippen molar-refractivity contribution >= 4 is 5.97 Å². The quantitative estimate of drug-likeness (QED) is 0.754. The largest absolute Gasteiger partial charge is 0.493 e. The van der Waals surface area contributed by atoms with Gasteiger partial charge in [0.05, 0.1) is 13.2 Å². The Balaban J connectivity index is 1.92. The van der Waals surface area contributed by atoms with Gasteiger partial charge in [0.25, 0.3) is 0 Å². The van der Waals surface area contributed by atoms with Crippen molar-refractivity contribution in [2.24, 2.45) is 0 Å². The molecule has 0 spiro atoms. The Hall–Kier alpha value is -2.29. The average molecular weight is 270 g/mol. The normalized spacial score (nSPS) is 10.1. The van der Waals surface area contributed by atoms with E-state index in [9.17, 15) is 4.79 Å². The third-order valence-corrected chi connectivity index (χ3v) is 2.87. The Morgan fingerprint density at radius 1 is 1.00 bits per heavy atom. The van der Waals surface area contributed by atoms with Gasteiger partial charge in [-0.1, -0.05) is 42.5 Å². The first-order valence-electron chi connectivity index (χ1n) is 6.74. The van der Waals surface area contributed by atoms with Gasteiger partial charge in [0.2, 0.25) is 0 Å². The Bertz CT molecular complexity index is 549. The van der Waals surface area contributed by atoms with Crippen molar-refractivity contribution in [1.82, 2.24) is 0 Å². The fourth-order valence-corrected chi connectivity index (χ4v) is 1.90. The van der Waals surface area contributed by atoms with E-state index in [1.807, 2.05) is 43.3 Å². The fourth-order valence-electron chi connectivity index (χ4n) is 1.90. The molecule has 0 saturated heterocycles. The van der Waals surface area contributed by atoms with Crippen molar-refractivity contribution in [3.05, 3.63) is 65.7 Å². The zero-order valence-corrected chi connectivity index (χ0v) is 11.5. The molecule has 0 radical (unpaired) electrons. The van der Waals surface area contributed by atoms with Gasteiger partial charge >= 0.3 is 5.97 Å². The summed E-state index contributed by atoms with van der Waals surface area (Å²) in [6, 6.07) is 17.1. The first kappa shape index (κ1) is 14.1. The molecule has 0 aliphatic heterocycles. The van der Waals surface area contributed by atoms with E-state index < -0.39 is 0 Å². The van der Waals surface area contributed by atoms with Crippen molar-refractivity contribution < 1.29 is 14.3 Å². The lowest BCUT2D eigenvalue weighted by Crippen LogP contribution is -2.10. The summed E-state index contributed by atoms with van der Waals surface area (Å²) in [5.41, 5.74) is 1.63. The van der Waals surface area contributed by atoms with Crippen LogP contribution < -0.4 is 4.74 Å². The van der Waals surface area contributed by atoms with E-state index in [1.54, 1.807) is 18.2 Å². The topological polar surface area (TPSA) is 35.5 Å². The second kappa shape index (κ2) is 7.34. The van der Waals surface area contributed by atoms with Crippen molar-refractivity contribution in [3.8, 4) is 5.75 Å². The average Bonchev–Trinajstić information content (AvgIpc) is 2.49. The molecule has 0 heterocycles. The SMILES string of the molecule is CCOc1ccccc1C(=O)OCCc1ccccc1. The van der Waals surface area contributed by atoms with E-state index in [2.05, 4.69) is 0 Å². The second-order valence-corrected chi connectivity index (χ2v) is 4.30. The summed E-state index contributed by atoms with van der Waals surface area (Å²) < 4.78 is 10.7. The molecule has 2 rings (SSSR count). The molecular weight excluding hydrogens is 252 g/mol. The second-order valence-electron chi connectivity index (χ2n) is 4.30. The predicted octanol–water partition coefficient (Wildman–Crippen LogP) is 3.48. The zero-order chi connectivity index (χ0) is 14.2. The minimum atomic E-state index is -0.343. The standard InChI is InChI=1S/C17H18O3/c1-2-19-16-11-7-6-10-15(16)17(18)20-13-12-14-8-4-3-5-9-14/h3-11H,2,12-13H2,1H3. The van der Waals surface area contributed by atoms with Crippen LogP contribution in [-0.2, 0) is 11.2 Å². The number of para-hydroxylation sites is 1. The molecule has 0 unspecified atom stereocenters. The van der Waals surface area contributed by atoms with Crippen LogP contribution in [0.1, 0.15) is 22.8 Å². The van der Waals surface area contributed by atoms with Crippen molar-refractivity contribution in [3.63, 3.8) is 0 Å². The minimum absolute atomic E-state index is 0.343. The van der Waals surface area contributed by atoms with E-state index in [0.29, 0.717) is 30.9 Å². The van der Waals surface area contributed by atoms with Crippen LogP contribution >= 0.6 is 0 Å². The van der Waals surface area contributed by atoms with Gasteiger partial charge in [-0.3, -0.25) is 0 Å². The highest BCUT2D eigenvalue weighted by Gasteiger charge is 2.12. The van der Waals surface area contributed by atoms with Gasteiger partial charge in [-0.15, -0.1) is 0 Å². The van der Waals surface area contributed by atoms with Crippen LogP contribution in [0.4, 0.5) is 0 Å². The molecule has 0 aliphatic carbocycles. The predicted molar refractivity (Wildman–Crippen MR) is 78.0 cm³/mol. The van der Waals surface area contributed by atoms with Crippen LogP contribution in [0.2, 0.25) is 0 Å². The van der Waals surface area contributed by atoms with E-state index in [4.69, 9.17) is 9.47 Å². The first-order chi connectivity index (χ1) is 9.81. The summed E-state index contributed by atoms with van der Waals surface area (Å²) in [6.07, 6.45) is 0.712. The smallest absolute Gasteiger partial charge is 0.341 e. The number of esters is 1. The van der Waals surface area contributed by atoms with Crippen molar-refractivity contribution in [2.75, 3.05) is 13.2 Å². The number of ether oxygens (including phenoxy) is 2. The summed E-state index contributed by atoms with van der Waals surface area (Å²) in [6.45, 7) is 2.77. The fraction of sp³-hybridized carbons (Fsp3) is 0.235. The Morgan fingerprint density at radius 3 is 2.45 bits per heavy atom. The third kappa shape index (κ3) is 3.85. The molecule has 0 aromatic heterocycles. The maximum absolute atomic E-state index is 12.0. The van der Waals surface area contributed by atoms with E-state index in [0.717, 1.165) is 5.56 Å². The van der Waals surface area contributed by atoms with Crippen LogP contribution in [0.15, 0.2) is 54.6 Å². The molecule has 20 heavy (non-hydrogen) atoms. The number of carbonyl (C=O) groups excluding carboxylic acids is 1. The molecule has 2 aromatic carbocycles. The van der Waals surface area contributed by atoms with Crippen LogP contribution in [0, 0.1) is 0 Å². The van der Waals surface area contributed by atoms with E-state index in [-0.39, 0.29) is 5.97 Å². The third-order valence-electron chi connectivity index (χ3n) is 2.87. The van der Waals surface area contributed by atoms with Gasteiger partial charge in [-0.2, -0.15) is 0 Å². The van der Waals surface area contributed by atoms with Crippen LogP contribution in [0.3, 0.4) is 0 Å². The summed E-state index contributed by atoms with van der Waals surface area (Å²) >= 11 is 0. The number of benzene rings is 2. The number of hydrogen-bond acceptors (Lipinski definition) is 3. The summed E-state index contributed by atoms with van der Waals surface area (Å²) in [7, 11) is 0. The van der Waals surface area contributed by atoms with Crippen molar-refractivity contribution in [1.29, 1.82) is 0 Å². The molecular formula is C17H18O3. The minimum Gasteiger partial charge on any atom is -0.493 e. The van der Waals surface area contributed by atoms with Gasteiger partial charge in [0.15, 0.2) is 0 Å². The lowest BCUT2D eigenvalue weighted by molar-refractivity contribution is 0.0505. The molecule has 0 bridgehead atoms. The van der Waals surface area contributed by atoms with E-state index >= 15 is 0 Å². The number of hydrogen-bond donors (Lipinski definition) is 0. The van der Waals surface area contributed by atoms with E-state index in [1.165, 1.54) is 0 Å². The molecule has 0 amide bonds. The molecule has 0 fully saturated rings. The highest BCUT2D eigenvalue weighted by Crippen LogP contribution is 2.18. The molecule has 2 aromatic rings. The van der Waals surface area contributed by atoms with Gasteiger partial charge in [0.1, 0.15) is 11.3 Å². The van der Waals surface area contributed by atoms with Crippen molar-refractivity contribution in [2.45, 2.75) is 13.3 Å². The maximum Gasteiger partial charge on any atom is 0.341 e. The Morgan fingerprint density at radius 2 is 1.70 bits per heavy atom. The van der Waals surface area contributed by atoms with Gasteiger partial charge < -0.3 is 9.47 Å². The summed E-state index contributed by atoms with van der Waals surface area (Å²) in [5.74, 6) is 0.227.